The van der Waals surface area contributed by atoms with Crippen molar-refractivity contribution in [1.82, 2.24) is 10.2 Å². The number of nitrogens with zero attached hydrogens (tertiary/aromatic N) is 1. The molecule has 0 aliphatic heterocycles. The summed E-state index contributed by atoms with van der Waals surface area (Å²) >= 11 is 0. The van der Waals surface area contributed by atoms with Crippen LogP contribution in [0.1, 0.15) is 45.2 Å². The summed E-state index contributed by atoms with van der Waals surface area (Å²) in [7, 11) is 2.15. The van der Waals surface area contributed by atoms with Gasteiger partial charge in [0.2, 0.25) is 0 Å². The molecule has 0 aliphatic rings. The topological polar surface area (TPSA) is 55.7 Å². The van der Waals surface area contributed by atoms with Gasteiger partial charge in [0, 0.05) is 23.7 Å². The van der Waals surface area contributed by atoms with E-state index in [1.165, 1.54) is 6.07 Å². The number of rotatable bonds is 8. The Kier molecular flexibility index (Phi) is 6.82. The van der Waals surface area contributed by atoms with Crippen LogP contribution < -0.4 is 5.32 Å². The van der Waals surface area contributed by atoms with Crippen LogP contribution in [0.2, 0.25) is 0 Å². The van der Waals surface area contributed by atoms with Gasteiger partial charge in [0.05, 0.1) is 0 Å². The van der Waals surface area contributed by atoms with Crippen LogP contribution in [0.25, 0.3) is 0 Å². The molecule has 1 rings (SSSR count). The fourth-order valence-electron chi connectivity index (χ4n) is 2.07. The van der Waals surface area contributed by atoms with Crippen LogP contribution in [0.15, 0.2) is 18.2 Å². The van der Waals surface area contributed by atoms with E-state index in [1.54, 1.807) is 12.1 Å². The van der Waals surface area contributed by atoms with E-state index >= 15 is 0 Å². The summed E-state index contributed by atoms with van der Waals surface area (Å²) in [5, 5.41) is 22.5. The van der Waals surface area contributed by atoms with Crippen LogP contribution in [-0.4, -0.2) is 41.3 Å². The second kappa shape index (κ2) is 8.12. The standard InChI is InChI=1S/C16H28N2O2/c1-12(2)18(4)10-6-5-9-17-13(3)15-8-7-14(19)11-16(15)20/h7-8,11-13,17,19-20H,5-6,9-10H2,1-4H3. The quantitative estimate of drug-likeness (QED) is 0.641. The lowest BCUT2D eigenvalue weighted by Crippen LogP contribution is -2.28. The molecule has 0 heterocycles. The third-order valence-electron chi connectivity index (χ3n) is 3.75. The van der Waals surface area contributed by atoms with Gasteiger partial charge in [-0.3, -0.25) is 0 Å². The van der Waals surface area contributed by atoms with Crippen LogP contribution in [0, 0.1) is 0 Å². The van der Waals surface area contributed by atoms with E-state index < -0.39 is 0 Å². The lowest BCUT2D eigenvalue weighted by atomic mass is 10.1. The Morgan fingerprint density at radius 1 is 1.15 bits per heavy atom. The minimum absolute atomic E-state index is 0.0819. The first-order valence-electron chi connectivity index (χ1n) is 7.37. The van der Waals surface area contributed by atoms with Crippen molar-refractivity contribution in [1.29, 1.82) is 0 Å². The molecule has 1 aromatic carbocycles. The molecule has 1 unspecified atom stereocenters. The Labute approximate surface area is 122 Å². The molecule has 4 nitrogen and oxygen atoms in total. The van der Waals surface area contributed by atoms with Crippen LogP contribution >= 0.6 is 0 Å². The molecular formula is C16H28N2O2. The fraction of sp³-hybridized carbons (Fsp3) is 0.625. The highest BCUT2D eigenvalue weighted by Gasteiger charge is 2.10. The number of benzene rings is 1. The maximum atomic E-state index is 9.79. The molecule has 20 heavy (non-hydrogen) atoms. The molecule has 114 valence electrons. The maximum Gasteiger partial charge on any atom is 0.124 e. The van der Waals surface area contributed by atoms with Crippen LogP contribution in [0.5, 0.6) is 11.5 Å². The van der Waals surface area contributed by atoms with E-state index in [2.05, 4.69) is 31.1 Å². The van der Waals surface area contributed by atoms with Crippen LogP contribution in [0.3, 0.4) is 0 Å². The van der Waals surface area contributed by atoms with E-state index in [-0.39, 0.29) is 17.5 Å². The lowest BCUT2D eigenvalue weighted by Gasteiger charge is -2.21. The van der Waals surface area contributed by atoms with E-state index in [0.29, 0.717) is 6.04 Å². The molecule has 0 fully saturated rings. The molecule has 0 radical (unpaired) electrons. The highest BCUT2D eigenvalue weighted by molar-refractivity contribution is 5.40. The molecule has 1 atom stereocenters. The molecule has 3 N–H and O–H groups in total. The van der Waals surface area contributed by atoms with Crippen molar-refractivity contribution in [3.63, 3.8) is 0 Å². The van der Waals surface area contributed by atoms with Crippen molar-refractivity contribution in [3.05, 3.63) is 23.8 Å². The zero-order chi connectivity index (χ0) is 15.1. The summed E-state index contributed by atoms with van der Waals surface area (Å²) in [6.07, 6.45) is 2.27. The summed E-state index contributed by atoms with van der Waals surface area (Å²) < 4.78 is 0. The fourth-order valence-corrected chi connectivity index (χ4v) is 2.07. The SMILES string of the molecule is CC(NCCCCN(C)C(C)C)c1ccc(O)cc1O. The summed E-state index contributed by atoms with van der Waals surface area (Å²) in [5.41, 5.74) is 0.821. The van der Waals surface area contributed by atoms with Crippen molar-refractivity contribution in [3.8, 4) is 11.5 Å². The van der Waals surface area contributed by atoms with E-state index in [9.17, 15) is 10.2 Å². The first-order valence-corrected chi connectivity index (χ1v) is 7.37. The number of aromatic hydroxyl groups is 2. The zero-order valence-electron chi connectivity index (χ0n) is 13.1. The maximum absolute atomic E-state index is 9.79. The van der Waals surface area contributed by atoms with Crippen molar-refractivity contribution >= 4 is 0 Å². The molecule has 0 aliphatic carbocycles. The van der Waals surface area contributed by atoms with Gasteiger partial charge in [-0.2, -0.15) is 0 Å². The molecular weight excluding hydrogens is 252 g/mol. The third-order valence-corrected chi connectivity index (χ3v) is 3.75. The van der Waals surface area contributed by atoms with Crippen molar-refractivity contribution in [2.75, 3.05) is 20.1 Å². The van der Waals surface area contributed by atoms with Gasteiger partial charge in [-0.05, 0) is 59.8 Å². The van der Waals surface area contributed by atoms with Gasteiger partial charge in [-0.15, -0.1) is 0 Å². The number of unbranched alkanes of at least 4 members (excludes halogenated alkanes) is 1. The van der Waals surface area contributed by atoms with Gasteiger partial charge in [0.1, 0.15) is 11.5 Å². The number of phenols is 2. The molecule has 0 spiro atoms. The number of phenolic OH excluding ortho intramolecular Hbond substituents is 2. The number of nitrogens with one attached hydrogen (secondary N) is 1. The Morgan fingerprint density at radius 3 is 2.45 bits per heavy atom. The highest BCUT2D eigenvalue weighted by Crippen LogP contribution is 2.27. The first kappa shape index (κ1) is 16.8. The van der Waals surface area contributed by atoms with Gasteiger partial charge in [0.15, 0.2) is 0 Å². The Hall–Kier alpha value is -1.26. The van der Waals surface area contributed by atoms with Gasteiger partial charge in [-0.1, -0.05) is 6.07 Å². The average Bonchev–Trinajstić information content (AvgIpc) is 2.37. The minimum atomic E-state index is 0.0819. The smallest absolute Gasteiger partial charge is 0.124 e. The van der Waals surface area contributed by atoms with Gasteiger partial charge in [0.25, 0.3) is 0 Å². The molecule has 0 saturated carbocycles. The predicted octanol–water partition coefficient (Wildman–Crippen LogP) is 2.87. The van der Waals surface area contributed by atoms with Gasteiger partial charge in [-0.25, -0.2) is 0 Å². The van der Waals surface area contributed by atoms with E-state index in [1.807, 2.05) is 6.92 Å². The van der Waals surface area contributed by atoms with Crippen molar-refractivity contribution in [2.45, 2.75) is 45.7 Å². The summed E-state index contributed by atoms with van der Waals surface area (Å²) in [6, 6.07) is 5.42. The second-order valence-corrected chi connectivity index (χ2v) is 5.70. The predicted molar refractivity (Wildman–Crippen MR) is 83.2 cm³/mol. The van der Waals surface area contributed by atoms with Crippen LogP contribution in [0.4, 0.5) is 0 Å². The Bertz CT molecular complexity index is 407. The normalized spacial score (nSPS) is 13.1. The molecule has 0 saturated heterocycles. The summed E-state index contributed by atoms with van der Waals surface area (Å²) in [6.45, 7) is 8.46. The van der Waals surface area contributed by atoms with E-state index in [4.69, 9.17) is 0 Å². The number of hydrogen-bond donors (Lipinski definition) is 3. The average molecular weight is 280 g/mol. The molecule has 0 aromatic heterocycles. The third kappa shape index (κ3) is 5.39. The number of hydrogen-bond acceptors (Lipinski definition) is 4. The van der Waals surface area contributed by atoms with Gasteiger partial charge < -0.3 is 20.4 Å². The molecule has 0 bridgehead atoms. The van der Waals surface area contributed by atoms with Crippen molar-refractivity contribution < 1.29 is 10.2 Å². The molecule has 0 amide bonds. The Balaban J connectivity index is 2.28. The lowest BCUT2D eigenvalue weighted by molar-refractivity contribution is 0.267. The first-order chi connectivity index (χ1) is 9.41. The zero-order valence-corrected chi connectivity index (χ0v) is 13.1. The van der Waals surface area contributed by atoms with Gasteiger partial charge >= 0.3 is 0 Å². The second-order valence-electron chi connectivity index (χ2n) is 5.70. The van der Waals surface area contributed by atoms with Crippen LogP contribution in [-0.2, 0) is 0 Å². The Morgan fingerprint density at radius 2 is 1.85 bits per heavy atom. The van der Waals surface area contributed by atoms with Crippen molar-refractivity contribution in [2.24, 2.45) is 0 Å². The summed E-state index contributed by atoms with van der Waals surface area (Å²) in [4.78, 5) is 2.34. The highest BCUT2D eigenvalue weighted by atomic mass is 16.3. The minimum Gasteiger partial charge on any atom is -0.508 e. The largest absolute Gasteiger partial charge is 0.508 e. The molecule has 1 aromatic rings. The van der Waals surface area contributed by atoms with E-state index in [0.717, 1.165) is 31.5 Å². The summed E-state index contributed by atoms with van der Waals surface area (Å²) in [5.74, 6) is 0.236. The molecule has 4 heteroatoms. The monoisotopic (exact) mass is 280 g/mol.